The predicted molar refractivity (Wildman–Crippen MR) is 59.8 cm³/mol. The van der Waals surface area contributed by atoms with Crippen LogP contribution in [0.1, 0.15) is 41.0 Å². The topological polar surface area (TPSA) is 15.6 Å². The molecule has 0 saturated heterocycles. The van der Waals surface area contributed by atoms with Crippen molar-refractivity contribution in [1.82, 2.24) is 5.01 Å². The number of hydrogen-bond donors (Lipinski definition) is 0. The van der Waals surface area contributed by atoms with Crippen LogP contribution in [0, 0.1) is 5.41 Å². The lowest BCUT2D eigenvalue weighted by atomic mass is 9.85. The second kappa shape index (κ2) is 4.45. The van der Waals surface area contributed by atoms with Crippen molar-refractivity contribution in [1.29, 1.82) is 0 Å². The Balaban J connectivity index is 5.01. The van der Waals surface area contributed by atoms with Crippen LogP contribution in [0.5, 0.6) is 0 Å². The van der Waals surface area contributed by atoms with Crippen LogP contribution in [0.2, 0.25) is 0 Å². The van der Waals surface area contributed by atoms with Crippen molar-refractivity contribution in [3.05, 3.63) is 11.3 Å². The van der Waals surface area contributed by atoms with Gasteiger partial charge in [0, 0.05) is 19.5 Å². The molecule has 0 bridgehead atoms. The van der Waals surface area contributed by atoms with Crippen LogP contribution in [0.3, 0.4) is 0 Å². The van der Waals surface area contributed by atoms with E-state index >= 15 is 0 Å². The van der Waals surface area contributed by atoms with Gasteiger partial charge in [-0.3, -0.25) is 5.01 Å². The van der Waals surface area contributed by atoms with Crippen molar-refractivity contribution < 1.29 is 0 Å². The van der Waals surface area contributed by atoms with Gasteiger partial charge in [-0.1, -0.05) is 27.7 Å². The highest BCUT2D eigenvalue weighted by atomic mass is 15.4. The lowest BCUT2D eigenvalue weighted by Crippen LogP contribution is -2.17. The molecule has 0 heterocycles. The molecule has 0 atom stereocenters. The molecule has 13 heavy (non-hydrogen) atoms. The summed E-state index contributed by atoms with van der Waals surface area (Å²) in [7, 11) is 1.95. The molecule has 76 valence electrons. The van der Waals surface area contributed by atoms with Crippen molar-refractivity contribution in [2.45, 2.75) is 41.0 Å². The van der Waals surface area contributed by atoms with E-state index in [1.165, 1.54) is 11.3 Å². The summed E-state index contributed by atoms with van der Waals surface area (Å²) in [6.07, 6.45) is 0.999. The van der Waals surface area contributed by atoms with E-state index in [0.29, 0.717) is 0 Å². The molecule has 0 aliphatic carbocycles. The van der Waals surface area contributed by atoms with Gasteiger partial charge in [0.25, 0.3) is 0 Å². The molecule has 0 aromatic rings. The van der Waals surface area contributed by atoms with Gasteiger partial charge in [0.1, 0.15) is 0 Å². The zero-order valence-electron chi connectivity index (χ0n) is 9.81. The average Bonchev–Trinajstić information content (AvgIpc) is 2.03. The fraction of sp³-hybridized carbons (Fsp3) is 0.727. The van der Waals surface area contributed by atoms with Crippen LogP contribution in [-0.2, 0) is 0 Å². The minimum absolute atomic E-state index is 0.213. The highest BCUT2D eigenvalue weighted by Gasteiger charge is 2.17. The summed E-state index contributed by atoms with van der Waals surface area (Å²) in [4.78, 5) is 0. The first kappa shape index (κ1) is 12.2. The zero-order chi connectivity index (χ0) is 10.6. The monoisotopic (exact) mass is 182 g/mol. The standard InChI is InChI=1S/C11H22N2/c1-8-10(13(7)12-6)9(2)11(3,4)5/h6,8H2,1-5,7H3/b10-9+. The summed E-state index contributed by atoms with van der Waals surface area (Å²) < 4.78 is 0. The number of hydrogen-bond acceptors (Lipinski definition) is 2. The van der Waals surface area contributed by atoms with Gasteiger partial charge < -0.3 is 0 Å². The first-order chi connectivity index (χ1) is 5.84. The lowest BCUT2D eigenvalue weighted by Gasteiger charge is -2.27. The molecular formula is C11H22N2. The van der Waals surface area contributed by atoms with E-state index in [-0.39, 0.29) is 5.41 Å². The molecule has 0 unspecified atom stereocenters. The lowest BCUT2D eigenvalue weighted by molar-refractivity contribution is 0.398. The molecule has 0 fully saturated rings. The van der Waals surface area contributed by atoms with Crippen molar-refractivity contribution in [3.63, 3.8) is 0 Å². The molecule has 2 heteroatoms. The Morgan fingerprint density at radius 2 is 1.85 bits per heavy atom. The molecule has 0 saturated carbocycles. The summed E-state index contributed by atoms with van der Waals surface area (Å²) in [5.41, 5.74) is 2.86. The maximum absolute atomic E-state index is 3.92. The maximum atomic E-state index is 3.92. The zero-order valence-corrected chi connectivity index (χ0v) is 9.81. The Morgan fingerprint density at radius 1 is 1.38 bits per heavy atom. The molecule has 0 rings (SSSR count). The van der Waals surface area contributed by atoms with E-state index < -0.39 is 0 Å². The second-order valence-corrected chi connectivity index (χ2v) is 4.34. The van der Waals surface area contributed by atoms with Crippen molar-refractivity contribution in [2.75, 3.05) is 7.05 Å². The Bertz CT molecular complexity index is 209. The minimum atomic E-state index is 0.213. The maximum Gasteiger partial charge on any atom is 0.0356 e. The number of rotatable bonds is 3. The van der Waals surface area contributed by atoms with Crippen molar-refractivity contribution in [2.24, 2.45) is 10.5 Å². The Labute approximate surface area is 82.3 Å². The van der Waals surface area contributed by atoms with Gasteiger partial charge >= 0.3 is 0 Å². The van der Waals surface area contributed by atoms with E-state index in [4.69, 9.17) is 0 Å². The highest BCUT2D eigenvalue weighted by molar-refractivity contribution is 5.24. The van der Waals surface area contributed by atoms with E-state index in [0.717, 1.165) is 6.42 Å². The van der Waals surface area contributed by atoms with Gasteiger partial charge in [0.05, 0.1) is 0 Å². The predicted octanol–water partition coefficient (Wildman–Crippen LogP) is 3.26. The molecule has 0 N–H and O–H groups in total. The van der Waals surface area contributed by atoms with E-state index in [1.807, 2.05) is 12.1 Å². The Morgan fingerprint density at radius 3 is 2.08 bits per heavy atom. The van der Waals surface area contributed by atoms with Gasteiger partial charge in [-0.2, -0.15) is 5.10 Å². The van der Waals surface area contributed by atoms with Crippen LogP contribution in [0.15, 0.2) is 16.4 Å². The average molecular weight is 182 g/mol. The fourth-order valence-electron chi connectivity index (χ4n) is 1.25. The third-order valence-electron chi connectivity index (χ3n) is 2.50. The summed E-state index contributed by atoms with van der Waals surface area (Å²) in [5, 5.41) is 5.78. The molecular weight excluding hydrogens is 160 g/mol. The summed E-state index contributed by atoms with van der Waals surface area (Å²) in [6, 6.07) is 0. The summed E-state index contributed by atoms with van der Waals surface area (Å²) >= 11 is 0. The molecule has 0 amide bonds. The van der Waals surface area contributed by atoms with Gasteiger partial charge in [0.2, 0.25) is 0 Å². The van der Waals surface area contributed by atoms with Gasteiger partial charge in [-0.15, -0.1) is 0 Å². The largest absolute Gasteiger partial charge is 0.273 e. The second-order valence-electron chi connectivity index (χ2n) is 4.34. The summed E-state index contributed by atoms with van der Waals surface area (Å²) in [5.74, 6) is 0. The first-order valence-corrected chi connectivity index (χ1v) is 4.75. The molecule has 2 nitrogen and oxygen atoms in total. The highest BCUT2D eigenvalue weighted by Crippen LogP contribution is 2.29. The van der Waals surface area contributed by atoms with Crippen molar-refractivity contribution >= 4 is 6.72 Å². The van der Waals surface area contributed by atoms with E-state index in [2.05, 4.69) is 46.4 Å². The van der Waals surface area contributed by atoms with Gasteiger partial charge in [-0.25, -0.2) is 0 Å². The number of nitrogens with zero attached hydrogens (tertiary/aromatic N) is 2. The van der Waals surface area contributed by atoms with E-state index in [1.54, 1.807) is 0 Å². The number of allylic oxidation sites excluding steroid dienone is 2. The smallest absolute Gasteiger partial charge is 0.0356 e. The quantitative estimate of drug-likeness (QED) is 0.483. The van der Waals surface area contributed by atoms with Crippen LogP contribution >= 0.6 is 0 Å². The summed E-state index contributed by atoms with van der Waals surface area (Å²) in [6.45, 7) is 14.5. The van der Waals surface area contributed by atoms with Crippen LogP contribution < -0.4 is 0 Å². The van der Waals surface area contributed by atoms with Crippen LogP contribution in [0.25, 0.3) is 0 Å². The molecule has 0 radical (unpaired) electrons. The molecule has 0 aliphatic rings. The van der Waals surface area contributed by atoms with E-state index in [9.17, 15) is 0 Å². The molecule has 0 aromatic heterocycles. The Kier molecular flexibility index (Phi) is 4.18. The molecule has 0 aliphatic heterocycles. The van der Waals surface area contributed by atoms with Gasteiger partial charge in [0.15, 0.2) is 0 Å². The third-order valence-corrected chi connectivity index (χ3v) is 2.50. The molecule has 0 aromatic carbocycles. The third kappa shape index (κ3) is 3.21. The van der Waals surface area contributed by atoms with Crippen molar-refractivity contribution in [3.8, 4) is 0 Å². The molecule has 0 spiro atoms. The normalized spacial score (nSPS) is 13.7. The van der Waals surface area contributed by atoms with Crippen LogP contribution in [-0.4, -0.2) is 18.8 Å². The van der Waals surface area contributed by atoms with Gasteiger partial charge in [-0.05, 0) is 24.3 Å². The first-order valence-electron chi connectivity index (χ1n) is 4.75. The SMILES string of the molecule is C=NN(C)/C(CC)=C(\C)C(C)(C)C. The fourth-order valence-corrected chi connectivity index (χ4v) is 1.25. The Hall–Kier alpha value is -0.790. The minimum Gasteiger partial charge on any atom is -0.273 e. The van der Waals surface area contributed by atoms with Crippen LogP contribution in [0.4, 0.5) is 0 Å². The number of hydrazone groups is 1.